The second-order valence-electron chi connectivity index (χ2n) is 21.0. The molecule has 2 spiro atoms. The zero-order valence-electron chi connectivity index (χ0n) is 30.9. The Morgan fingerprint density at radius 2 is 1.38 bits per heavy atom. The molecule has 0 aromatic carbocycles. The van der Waals surface area contributed by atoms with Crippen LogP contribution in [-0.4, -0.2) is 35.4 Å². The predicted octanol–water partition coefficient (Wildman–Crippen LogP) is 9.28. The van der Waals surface area contributed by atoms with E-state index in [4.69, 9.17) is 9.47 Å². The highest BCUT2D eigenvalue weighted by atomic mass is 16.5. The van der Waals surface area contributed by atoms with E-state index < -0.39 is 5.60 Å². The monoisotopic (exact) mass is 650 g/mol. The van der Waals surface area contributed by atoms with Crippen LogP contribution < -0.4 is 0 Å². The number of hydrogen-bond acceptors (Lipinski definition) is 5. The first-order valence-corrected chi connectivity index (χ1v) is 20.0. The molecule has 13 unspecified atom stereocenters. The molecule has 0 aliphatic heterocycles. The van der Waals surface area contributed by atoms with Crippen molar-refractivity contribution in [2.75, 3.05) is 6.61 Å². The Bertz CT molecular complexity index is 1300. The minimum absolute atomic E-state index is 0.00199. The lowest BCUT2D eigenvalue weighted by Gasteiger charge is -2.65. The van der Waals surface area contributed by atoms with Crippen LogP contribution in [0, 0.1) is 73.9 Å². The first kappa shape index (κ1) is 33.1. The summed E-state index contributed by atoms with van der Waals surface area (Å²) in [4.78, 5) is 26.0. The standard InChI is InChI=1S/C42H66O5/c1-26(43)47-34-15-18-39(7)31(37(34,4)5)14-19-40-21-27(9-11-32(39)40)29(23-40)35(44)46-25-42(45)24-41-20-13-30-36(2,3)16-8-17-38(30,6)33(41)12-10-28(42)22-41/h27-34,45H,8-25H2,1-7H3. The van der Waals surface area contributed by atoms with Gasteiger partial charge in [-0.2, -0.15) is 0 Å². The van der Waals surface area contributed by atoms with E-state index in [0.29, 0.717) is 34.5 Å². The van der Waals surface area contributed by atoms with Gasteiger partial charge in [0.2, 0.25) is 0 Å². The molecule has 8 saturated carbocycles. The van der Waals surface area contributed by atoms with Gasteiger partial charge in [0.05, 0.1) is 5.92 Å². The zero-order chi connectivity index (χ0) is 33.4. The quantitative estimate of drug-likeness (QED) is 0.307. The average Bonchev–Trinajstić information content (AvgIpc) is 3.37. The minimum atomic E-state index is -0.857. The van der Waals surface area contributed by atoms with E-state index in [1.165, 1.54) is 57.8 Å². The van der Waals surface area contributed by atoms with Crippen LogP contribution in [0.25, 0.3) is 0 Å². The Hall–Kier alpha value is -1.10. The normalized spacial score (nSPS) is 53.5. The smallest absolute Gasteiger partial charge is 0.309 e. The van der Waals surface area contributed by atoms with Crippen molar-refractivity contribution in [2.45, 2.75) is 169 Å². The topological polar surface area (TPSA) is 72.8 Å². The first-order valence-electron chi connectivity index (χ1n) is 20.0. The number of ether oxygens (including phenoxy) is 2. The van der Waals surface area contributed by atoms with E-state index in [2.05, 4.69) is 41.5 Å². The summed E-state index contributed by atoms with van der Waals surface area (Å²) < 4.78 is 12.2. The molecule has 8 fully saturated rings. The Morgan fingerprint density at radius 3 is 2.15 bits per heavy atom. The van der Waals surface area contributed by atoms with Gasteiger partial charge in [-0.25, -0.2) is 0 Å². The summed E-state index contributed by atoms with van der Waals surface area (Å²) in [7, 11) is 0. The number of fused-ring (bicyclic) bond motifs is 6. The van der Waals surface area contributed by atoms with Crippen molar-refractivity contribution < 1.29 is 24.2 Å². The summed E-state index contributed by atoms with van der Waals surface area (Å²) >= 11 is 0. The van der Waals surface area contributed by atoms with Gasteiger partial charge in [-0.15, -0.1) is 0 Å². The fraction of sp³-hybridized carbons (Fsp3) is 0.952. The van der Waals surface area contributed by atoms with Crippen molar-refractivity contribution in [3.63, 3.8) is 0 Å². The first-order chi connectivity index (χ1) is 22.0. The van der Waals surface area contributed by atoms with Crippen molar-refractivity contribution in [1.82, 2.24) is 0 Å². The Labute approximate surface area is 285 Å². The summed E-state index contributed by atoms with van der Waals surface area (Å²) in [5.74, 6) is 3.16. The average molecular weight is 651 g/mol. The van der Waals surface area contributed by atoms with E-state index in [-0.39, 0.29) is 58.1 Å². The lowest BCUT2D eigenvalue weighted by atomic mass is 9.41. The second kappa shape index (κ2) is 10.5. The molecule has 47 heavy (non-hydrogen) atoms. The molecule has 1 N–H and O–H groups in total. The molecule has 0 heterocycles. The van der Waals surface area contributed by atoms with E-state index in [1.807, 2.05) is 0 Å². The molecule has 0 aromatic heterocycles. The maximum absolute atomic E-state index is 14.1. The fourth-order valence-electron chi connectivity index (χ4n) is 16.8. The van der Waals surface area contributed by atoms with Crippen molar-refractivity contribution in [1.29, 1.82) is 0 Å². The lowest BCUT2D eigenvalue weighted by molar-refractivity contribution is -0.197. The van der Waals surface area contributed by atoms with Gasteiger partial charge in [-0.05, 0) is 165 Å². The SMILES string of the molecule is CC(=O)OC1CCC2(C)C3CCC4CC3(CCC2C1(C)C)CC4C(=O)OCC1(O)CC23CCC4C(C)(C)CCCC4(C)C2CCC1C3. The summed E-state index contributed by atoms with van der Waals surface area (Å²) in [6.45, 7) is 16.6. The molecular weight excluding hydrogens is 584 g/mol. The Morgan fingerprint density at radius 1 is 0.702 bits per heavy atom. The van der Waals surface area contributed by atoms with Crippen LogP contribution >= 0.6 is 0 Å². The van der Waals surface area contributed by atoms with Crippen LogP contribution in [0.15, 0.2) is 0 Å². The van der Waals surface area contributed by atoms with E-state index in [9.17, 15) is 14.7 Å². The predicted molar refractivity (Wildman–Crippen MR) is 183 cm³/mol. The number of rotatable bonds is 4. The third-order valence-electron chi connectivity index (χ3n) is 18.3. The third-order valence-corrected chi connectivity index (χ3v) is 18.3. The molecule has 13 atom stereocenters. The molecular formula is C42H66O5. The highest BCUT2D eigenvalue weighted by molar-refractivity contribution is 5.73. The van der Waals surface area contributed by atoms with Crippen LogP contribution in [0.5, 0.6) is 0 Å². The second-order valence-corrected chi connectivity index (χ2v) is 21.0. The van der Waals surface area contributed by atoms with Crippen LogP contribution in [0.4, 0.5) is 0 Å². The molecule has 5 nitrogen and oxygen atoms in total. The summed E-state index contributed by atoms with van der Waals surface area (Å²) in [5.41, 5.74) is 0.595. The van der Waals surface area contributed by atoms with Crippen LogP contribution in [0.1, 0.15) is 158 Å². The number of hydrogen-bond donors (Lipinski definition) is 1. The van der Waals surface area contributed by atoms with Gasteiger partial charge < -0.3 is 14.6 Å². The zero-order valence-corrected chi connectivity index (χ0v) is 30.9. The molecule has 4 bridgehead atoms. The number of carbonyl (C=O) groups is 2. The molecule has 8 aliphatic carbocycles. The minimum Gasteiger partial charge on any atom is -0.462 e. The Balaban J connectivity index is 0.949. The van der Waals surface area contributed by atoms with Crippen molar-refractivity contribution in [2.24, 2.45) is 73.9 Å². The largest absolute Gasteiger partial charge is 0.462 e. The van der Waals surface area contributed by atoms with Gasteiger partial charge in [-0.3, -0.25) is 9.59 Å². The van der Waals surface area contributed by atoms with E-state index >= 15 is 0 Å². The van der Waals surface area contributed by atoms with Crippen LogP contribution in [-0.2, 0) is 19.1 Å². The van der Waals surface area contributed by atoms with E-state index in [0.717, 1.165) is 57.3 Å². The molecule has 0 aromatic rings. The Kier molecular flexibility index (Phi) is 7.37. The van der Waals surface area contributed by atoms with Gasteiger partial charge >= 0.3 is 11.9 Å². The number of aliphatic hydroxyl groups is 1. The fourth-order valence-corrected chi connectivity index (χ4v) is 16.8. The maximum atomic E-state index is 14.1. The van der Waals surface area contributed by atoms with Gasteiger partial charge in [-0.1, -0.05) is 48.0 Å². The highest BCUT2D eigenvalue weighted by Gasteiger charge is 2.69. The number of carbonyl (C=O) groups excluding carboxylic acids is 2. The van der Waals surface area contributed by atoms with Gasteiger partial charge in [0.15, 0.2) is 0 Å². The summed E-state index contributed by atoms with van der Waals surface area (Å²) in [6.07, 6.45) is 19.8. The van der Waals surface area contributed by atoms with Crippen molar-refractivity contribution in [3.8, 4) is 0 Å². The molecule has 0 radical (unpaired) electrons. The lowest BCUT2D eigenvalue weighted by Crippen LogP contribution is -2.59. The molecule has 8 aliphatic rings. The molecule has 8 rings (SSSR count). The summed E-state index contributed by atoms with van der Waals surface area (Å²) in [6, 6.07) is 0. The molecule has 264 valence electrons. The van der Waals surface area contributed by atoms with Gasteiger partial charge in [0.1, 0.15) is 18.3 Å². The maximum Gasteiger partial charge on any atom is 0.309 e. The summed E-state index contributed by atoms with van der Waals surface area (Å²) in [5, 5.41) is 12.3. The third kappa shape index (κ3) is 4.61. The van der Waals surface area contributed by atoms with Gasteiger partial charge in [0.25, 0.3) is 0 Å². The molecule has 0 saturated heterocycles. The van der Waals surface area contributed by atoms with Gasteiger partial charge in [0, 0.05) is 12.3 Å². The van der Waals surface area contributed by atoms with E-state index in [1.54, 1.807) is 6.92 Å². The highest BCUT2D eigenvalue weighted by Crippen LogP contribution is 2.74. The number of esters is 2. The molecule has 5 heteroatoms. The van der Waals surface area contributed by atoms with Crippen molar-refractivity contribution in [3.05, 3.63) is 0 Å². The van der Waals surface area contributed by atoms with Crippen LogP contribution in [0.3, 0.4) is 0 Å². The van der Waals surface area contributed by atoms with Crippen LogP contribution in [0.2, 0.25) is 0 Å². The molecule has 0 amide bonds. The van der Waals surface area contributed by atoms with Crippen molar-refractivity contribution >= 4 is 11.9 Å².